The van der Waals surface area contributed by atoms with E-state index in [9.17, 15) is 58.1 Å². The molecular formula is C73H135N2O19P. The monoisotopic (exact) mass is 1370 g/mol. The predicted octanol–water partition coefficient (Wildman–Crippen LogP) is 16.1. The molecule has 6 N–H and O–H groups in total. The second-order valence-electron chi connectivity index (χ2n) is 26.7. The third-order valence-electron chi connectivity index (χ3n) is 17.7. The normalized spacial score (nSPS) is 17.7. The van der Waals surface area contributed by atoms with Gasteiger partial charge in [0, 0.05) is 19.3 Å². The van der Waals surface area contributed by atoms with E-state index in [-0.39, 0.29) is 32.1 Å². The van der Waals surface area contributed by atoms with Gasteiger partial charge in [-0.1, -0.05) is 260 Å². The van der Waals surface area contributed by atoms with Crippen molar-refractivity contribution in [1.29, 1.82) is 0 Å². The Kier molecular flexibility index (Phi) is 55.6. The predicted molar refractivity (Wildman–Crippen MR) is 370 cm³/mol. The van der Waals surface area contributed by atoms with E-state index in [4.69, 9.17) is 32.9 Å². The van der Waals surface area contributed by atoms with Crippen molar-refractivity contribution in [2.75, 3.05) is 13.2 Å². The smallest absolute Gasteiger partial charge is 0.470 e. The molecule has 0 bridgehead atoms. The van der Waals surface area contributed by atoms with Gasteiger partial charge in [0.2, 0.25) is 11.8 Å². The van der Waals surface area contributed by atoms with Crippen molar-refractivity contribution in [3.05, 3.63) is 0 Å². The molecule has 1 rings (SSSR count). The number of phosphoric ester groups is 1. The average molecular weight is 1380 g/mol. The van der Waals surface area contributed by atoms with Gasteiger partial charge in [-0.2, -0.15) is 0 Å². The summed E-state index contributed by atoms with van der Waals surface area (Å²) in [6.07, 6.45) is 28.8. The minimum Gasteiger partial charge on any atom is -0.480 e. The lowest BCUT2D eigenvalue weighted by atomic mass is 9.95. The highest BCUT2D eigenvalue weighted by Gasteiger charge is 2.52. The zero-order chi connectivity index (χ0) is 70.2. The van der Waals surface area contributed by atoms with E-state index in [1.165, 1.54) is 44.9 Å². The summed E-state index contributed by atoms with van der Waals surface area (Å²) in [5.41, 5.74) is 0. The van der Waals surface area contributed by atoms with Crippen molar-refractivity contribution in [1.82, 2.24) is 10.6 Å². The van der Waals surface area contributed by atoms with Gasteiger partial charge < -0.3 is 59.1 Å². The lowest BCUT2D eigenvalue weighted by Crippen LogP contribution is -2.66. The number of carbonyl (C=O) groups excluding carboxylic acids is 6. The van der Waals surface area contributed by atoms with Gasteiger partial charge in [0.15, 0.2) is 18.4 Å². The highest BCUT2D eigenvalue weighted by Crippen LogP contribution is 2.42. The van der Waals surface area contributed by atoms with Crippen LogP contribution >= 0.6 is 7.82 Å². The van der Waals surface area contributed by atoms with Crippen molar-refractivity contribution in [2.24, 2.45) is 0 Å². The molecule has 0 spiro atoms. The Morgan fingerprint density at radius 1 is 0.432 bits per heavy atom. The Labute approximate surface area is 573 Å². The molecule has 0 aromatic heterocycles. The molecule has 0 aromatic rings. The van der Waals surface area contributed by atoms with Crippen LogP contribution in [-0.4, -0.2) is 130 Å². The van der Waals surface area contributed by atoms with Gasteiger partial charge in [0.05, 0.1) is 32.5 Å². The van der Waals surface area contributed by atoms with Crippen LogP contribution in [0.15, 0.2) is 0 Å². The maximum atomic E-state index is 14.6. The van der Waals surface area contributed by atoms with Crippen LogP contribution in [0, 0.1) is 0 Å². The van der Waals surface area contributed by atoms with E-state index < -0.39 is 131 Å². The summed E-state index contributed by atoms with van der Waals surface area (Å²) in [6.45, 7) is 10.8. The van der Waals surface area contributed by atoms with Gasteiger partial charge in [-0.25, -0.2) is 9.36 Å². The number of aliphatic hydroxyl groups excluding tert-OH is 1. The Morgan fingerprint density at radius 2 is 0.758 bits per heavy atom. The number of carboxylic acids is 1. The van der Waals surface area contributed by atoms with Crippen molar-refractivity contribution in [3.63, 3.8) is 0 Å². The zero-order valence-corrected chi connectivity index (χ0v) is 61.0. The number of aliphatic hydroxyl groups is 1. The Hall–Kier alpha value is -3.72. The summed E-state index contributed by atoms with van der Waals surface area (Å²) in [4.78, 5) is 117. The van der Waals surface area contributed by atoms with Crippen LogP contribution in [0.3, 0.4) is 0 Å². The van der Waals surface area contributed by atoms with Gasteiger partial charge in [-0.15, -0.1) is 0 Å². The number of unbranched alkanes of at least 4 members (excludes halogenated alkanes) is 34. The van der Waals surface area contributed by atoms with Crippen LogP contribution in [0.4, 0.5) is 0 Å². The van der Waals surface area contributed by atoms with Crippen molar-refractivity contribution in [3.8, 4) is 0 Å². The first-order chi connectivity index (χ1) is 45.8. The zero-order valence-electron chi connectivity index (χ0n) is 60.1. The summed E-state index contributed by atoms with van der Waals surface area (Å²) in [5.74, 6) is -5.61. The highest BCUT2D eigenvalue weighted by atomic mass is 31.2. The fourth-order valence-corrected chi connectivity index (χ4v) is 12.7. The van der Waals surface area contributed by atoms with Crippen LogP contribution in [0.2, 0.25) is 0 Å². The SMILES string of the molecule is CCCCCCCCCCC[C@H](CC(=O)N[C@H]1[C@@H](OC[C@H](NC(=O)C[C@@H](CCCCCCCCCCC)OC(=O)CCCCCCCCC)C(=O)O)O[C@H](CO)[C@@H](OP(=O)(O)O)[C@@H]1OC(=O)C[C@@H](CCCCCCCCCCC)OC(=O)CCCCC)OC(=O)CCCCC. The molecule has 0 aliphatic carbocycles. The van der Waals surface area contributed by atoms with E-state index in [2.05, 4.69) is 38.3 Å². The molecule has 22 heteroatoms. The summed E-state index contributed by atoms with van der Waals surface area (Å²) in [6, 6.07) is -3.59. The summed E-state index contributed by atoms with van der Waals surface area (Å²) in [7, 11) is -5.55. The summed E-state index contributed by atoms with van der Waals surface area (Å²) in [5, 5.41) is 26.7. The molecule has 0 unspecified atom stereocenters. The molecule has 1 fully saturated rings. The molecule has 1 saturated heterocycles. The standard InChI is InChI=1S/C73H135N2O19P/c1-7-13-19-23-27-30-34-37-43-47-58(89-67(81)52-46-40-33-26-22-16-10-4)53-63(77)74-61(72(83)84)57-88-73-69(75-64(78)54-59(90-65(79)50-41-17-11-5)48-44-38-35-31-28-24-20-14-8-2)71(70(62(56-76)92-73)94-95(85,86)87)93-68(82)55-60(91-66(80)51-42-18-12-6)49-45-39-36-32-29-25-21-15-9-3/h58-62,69-71,73,76H,7-57H2,1-6H3,(H,74,77)(H,75,78)(H,83,84)(H2,85,86,87)/t58-,59-,60-,61+,62-,69-,70-,71-,73+/m1/s1. The molecular weight excluding hydrogens is 1240 g/mol. The number of esters is 4. The molecule has 9 atom stereocenters. The van der Waals surface area contributed by atoms with Gasteiger partial charge in [0.25, 0.3) is 0 Å². The number of carbonyl (C=O) groups is 7. The molecule has 2 amide bonds. The number of rotatable bonds is 65. The van der Waals surface area contributed by atoms with Crippen LogP contribution in [0.25, 0.3) is 0 Å². The number of hydrogen-bond donors (Lipinski definition) is 6. The molecule has 1 aliphatic heterocycles. The van der Waals surface area contributed by atoms with Gasteiger partial charge >= 0.3 is 37.7 Å². The highest BCUT2D eigenvalue weighted by molar-refractivity contribution is 7.46. The fraction of sp³-hybridized carbons (Fsp3) is 0.904. The van der Waals surface area contributed by atoms with E-state index in [1.54, 1.807) is 0 Å². The second kappa shape index (κ2) is 59.2. The number of amides is 2. The van der Waals surface area contributed by atoms with Gasteiger partial charge in [-0.05, 0) is 57.8 Å². The quantitative estimate of drug-likeness (QED) is 0.0143. The molecule has 0 aromatic carbocycles. The average Bonchev–Trinajstić information content (AvgIpc) is 0.786. The second-order valence-corrected chi connectivity index (χ2v) is 27.9. The molecule has 0 radical (unpaired) electrons. The molecule has 556 valence electrons. The fourth-order valence-electron chi connectivity index (χ4n) is 12.1. The maximum Gasteiger partial charge on any atom is 0.470 e. The summed E-state index contributed by atoms with van der Waals surface area (Å²) >= 11 is 0. The number of ether oxygens (including phenoxy) is 6. The van der Waals surface area contributed by atoms with E-state index in [0.29, 0.717) is 51.4 Å². The van der Waals surface area contributed by atoms with Crippen molar-refractivity contribution in [2.45, 2.75) is 411 Å². The number of carboxylic acid groups (broad SMARTS) is 1. The van der Waals surface area contributed by atoms with Crippen molar-refractivity contribution >= 4 is 49.5 Å². The lowest BCUT2D eigenvalue weighted by molar-refractivity contribution is -0.272. The van der Waals surface area contributed by atoms with Gasteiger partial charge in [0.1, 0.15) is 36.6 Å². The molecule has 0 saturated carbocycles. The first-order valence-electron chi connectivity index (χ1n) is 38.1. The number of phosphoric acid groups is 1. The van der Waals surface area contributed by atoms with E-state index >= 15 is 0 Å². The Bertz CT molecular complexity index is 2030. The topological polar surface area (TPSA) is 306 Å². The number of nitrogens with one attached hydrogen (secondary N) is 2. The largest absolute Gasteiger partial charge is 0.480 e. The van der Waals surface area contributed by atoms with Crippen LogP contribution < -0.4 is 10.6 Å². The van der Waals surface area contributed by atoms with Crippen LogP contribution in [0.5, 0.6) is 0 Å². The third kappa shape index (κ3) is 48.6. The Morgan fingerprint density at radius 3 is 1.12 bits per heavy atom. The molecule has 1 aliphatic rings. The van der Waals surface area contributed by atoms with Crippen molar-refractivity contribution < 1.29 is 91.1 Å². The van der Waals surface area contributed by atoms with E-state index in [1.807, 2.05) is 13.8 Å². The molecule has 95 heavy (non-hydrogen) atoms. The number of hydrogen-bond acceptors (Lipinski definition) is 16. The minimum atomic E-state index is -5.55. The van der Waals surface area contributed by atoms with Crippen LogP contribution in [0.1, 0.15) is 356 Å². The van der Waals surface area contributed by atoms with E-state index in [0.717, 1.165) is 173 Å². The first kappa shape index (κ1) is 89.3. The van der Waals surface area contributed by atoms with Crippen LogP contribution in [-0.2, 0) is 71.1 Å². The minimum absolute atomic E-state index is 0.110. The Balaban J connectivity index is 3.78. The molecule has 21 nitrogen and oxygen atoms in total. The van der Waals surface area contributed by atoms with Gasteiger partial charge in [-0.3, -0.25) is 33.3 Å². The third-order valence-corrected chi connectivity index (χ3v) is 18.2. The summed E-state index contributed by atoms with van der Waals surface area (Å²) < 4.78 is 54.2. The number of aliphatic carboxylic acids is 1. The first-order valence-corrected chi connectivity index (χ1v) is 39.6. The lowest BCUT2D eigenvalue weighted by Gasteiger charge is -2.45. The maximum absolute atomic E-state index is 14.6. The molecule has 1 heterocycles.